The summed E-state index contributed by atoms with van der Waals surface area (Å²) >= 11 is 3.38. The SMILES string of the molecule is NCCc1nc(-c2ccc(Br)cc2)n[nH]1. The van der Waals surface area contributed by atoms with Gasteiger partial charge in [-0.15, -0.1) is 0 Å². The Morgan fingerprint density at radius 2 is 2.00 bits per heavy atom. The molecule has 0 unspecified atom stereocenters. The number of benzene rings is 1. The van der Waals surface area contributed by atoms with E-state index in [1.807, 2.05) is 24.3 Å². The second-order valence-corrected chi connectivity index (χ2v) is 4.07. The van der Waals surface area contributed by atoms with Crippen molar-refractivity contribution in [3.8, 4) is 11.4 Å². The molecule has 0 saturated heterocycles. The lowest BCUT2D eigenvalue weighted by atomic mass is 10.2. The smallest absolute Gasteiger partial charge is 0.181 e. The van der Waals surface area contributed by atoms with Crippen molar-refractivity contribution in [3.63, 3.8) is 0 Å². The van der Waals surface area contributed by atoms with Gasteiger partial charge in [0, 0.05) is 16.5 Å². The molecular weight excluding hydrogens is 256 g/mol. The zero-order valence-electron chi connectivity index (χ0n) is 8.07. The Labute approximate surface area is 96.0 Å². The standard InChI is InChI=1S/C10H11BrN4/c11-8-3-1-7(2-4-8)10-13-9(5-6-12)14-15-10/h1-4H,5-6,12H2,(H,13,14,15). The summed E-state index contributed by atoms with van der Waals surface area (Å²) in [6.45, 7) is 0.578. The number of aromatic nitrogens is 3. The van der Waals surface area contributed by atoms with Crippen LogP contribution in [-0.4, -0.2) is 21.7 Å². The summed E-state index contributed by atoms with van der Waals surface area (Å²) in [6, 6.07) is 7.88. The highest BCUT2D eigenvalue weighted by molar-refractivity contribution is 9.10. The third-order valence-electron chi connectivity index (χ3n) is 2.02. The minimum absolute atomic E-state index is 0.578. The number of nitrogens with zero attached hydrogens (tertiary/aromatic N) is 2. The summed E-state index contributed by atoms with van der Waals surface area (Å²) in [5.41, 5.74) is 6.43. The molecule has 0 atom stereocenters. The van der Waals surface area contributed by atoms with Crippen molar-refractivity contribution >= 4 is 15.9 Å². The molecule has 1 aromatic heterocycles. The summed E-state index contributed by atoms with van der Waals surface area (Å²) in [6.07, 6.45) is 0.726. The number of nitrogens with one attached hydrogen (secondary N) is 1. The molecule has 78 valence electrons. The molecule has 4 nitrogen and oxygen atoms in total. The molecule has 0 spiro atoms. The van der Waals surface area contributed by atoms with Gasteiger partial charge in [-0.25, -0.2) is 4.98 Å². The van der Waals surface area contributed by atoms with Gasteiger partial charge in [0.05, 0.1) is 0 Å². The lowest BCUT2D eigenvalue weighted by Crippen LogP contribution is -2.03. The van der Waals surface area contributed by atoms with Gasteiger partial charge < -0.3 is 5.73 Å². The van der Waals surface area contributed by atoms with E-state index in [9.17, 15) is 0 Å². The summed E-state index contributed by atoms with van der Waals surface area (Å²) < 4.78 is 1.05. The van der Waals surface area contributed by atoms with Gasteiger partial charge in [-0.3, -0.25) is 5.10 Å². The normalized spacial score (nSPS) is 10.5. The lowest BCUT2D eigenvalue weighted by molar-refractivity contribution is 0.874. The molecule has 15 heavy (non-hydrogen) atoms. The Morgan fingerprint density at radius 1 is 1.27 bits per heavy atom. The van der Waals surface area contributed by atoms with Crippen molar-refractivity contribution in [1.29, 1.82) is 0 Å². The van der Waals surface area contributed by atoms with Crippen molar-refractivity contribution in [2.24, 2.45) is 5.73 Å². The third-order valence-corrected chi connectivity index (χ3v) is 2.54. The van der Waals surface area contributed by atoms with Gasteiger partial charge in [0.15, 0.2) is 5.82 Å². The Kier molecular flexibility index (Phi) is 3.13. The van der Waals surface area contributed by atoms with Crippen molar-refractivity contribution in [3.05, 3.63) is 34.6 Å². The van der Waals surface area contributed by atoms with Gasteiger partial charge in [-0.1, -0.05) is 28.1 Å². The van der Waals surface area contributed by atoms with Gasteiger partial charge >= 0.3 is 0 Å². The highest BCUT2D eigenvalue weighted by atomic mass is 79.9. The minimum Gasteiger partial charge on any atom is -0.330 e. The van der Waals surface area contributed by atoms with E-state index in [0.717, 1.165) is 22.3 Å². The van der Waals surface area contributed by atoms with Gasteiger partial charge in [0.25, 0.3) is 0 Å². The summed E-state index contributed by atoms with van der Waals surface area (Å²) in [4.78, 5) is 4.34. The molecule has 2 aromatic rings. The average Bonchev–Trinajstić information content (AvgIpc) is 2.68. The Balaban J connectivity index is 2.25. The van der Waals surface area contributed by atoms with Crippen molar-refractivity contribution in [1.82, 2.24) is 15.2 Å². The summed E-state index contributed by atoms with van der Waals surface area (Å²) in [7, 11) is 0. The molecule has 3 N–H and O–H groups in total. The van der Waals surface area contributed by atoms with E-state index in [1.165, 1.54) is 0 Å². The number of H-pyrrole nitrogens is 1. The molecule has 0 aliphatic heterocycles. The number of halogens is 1. The molecule has 0 fully saturated rings. The van der Waals surface area contributed by atoms with Crippen LogP contribution in [0.25, 0.3) is 11.4 Å². The Morgan fingerprint density at radius 3 is 2.67 bits per heavy atom. The number of aromatic amines is 1. The topological polar surface area (TPSA) is 67.6 Å². The highest BCUT2D eigenvalue weighted by Crippen LogP contribution is 2.18. The molecule has 2 rings (SSSR count). The molecule has 0 bridgehead atoms. The second kappa shape index (κ2) is 4.55. The largest absolute Gasteiger partial charge is 0.330 e. The van der Waals surface area contributed by atoms with Crippen molar-refractivity contribution in [2.75, 3.05) is 6.54 Å². The molecular formula is C10H11BrN4. The van der Waals surface area contributed by atoms with Gasteiger partial charge in [-0.05, 0) is 18.7 Å². The predicted molar refractivity (Wildman–Crippen MR) is 62.3 cm³/mol. The van der Waals surface area contributed by atoms with Gasteiger partial charge in [0.1, 0.15) is 5.82 Å². The average molecular weight is 267 g/mol. The highest BCUT2D eigenvalue weighted by Gasteiger charge is 2.04. The van der Waals surface area contributed by atoms with Gasteiger partial charge in [0.2, 0.25) is 0 Å². The minimum atomic E-state index is 0.578. The lowest BCUT2D eigenvalue weighted by Gasteiger charge is -1.94. The molecule has 0 aliphatic carbocycles. The fourth-order valence-corrected chi connectivity index (χ4v) is 1.54. The quantitative estimate of drug-likeness (QED) is 0.890. The molecule has 0 amide bonds. The summed E-state index contributed by atoms with van der Waals surface area (Å²) in [5.74, 6) is 1.54. The maximum atomic E-state index is 5.43. The maximum Gasteiger partial charge on any atom is 0.181 e. The van der Waals surface area contributed by atoms with E-state index < -0.39 is 0 Å². The van der Waals surface area contributed by atoms with Crippen LogP contribution in [0.5, 0.6) is 0 Å². The first kappa shape index (κ1) is 10.3. The van der Waals surface area contributed by atoms with Crippen LogP contribution in [0.3, 0.4) is 0 Å². The van der Waals surface area contributed by atoms with E-state index >= 15 is 0 Å². The number of hydrogen-bond acceptors (Lipinski definition) is 3. The van der Waals surface area contributed by atoms with Crippen LogP contribution in [0.4, 0.5) is 0 Å². The van der Waals surface area contributed by atoms with E-state index in [-0.39, 0.29) is 0 Å². The molecule has 0 aliphatic rings. The van der Waals surface area contributed by atoms with E-state index in [4.69, 9.17) is 5.73 Å². The first-order chi connectivity index (χ1) is 7.29. The zero-order chi connectivity index (χ0) is 10.7. The summed E-state index contributed by atoms with van der Waals surface area (Å²) in [5, 5.41) is 6.99. The second-order valence-electron chi connectivity index (χ2n) is 3.15. The number of rotatable bonds is 3. The van der Waals surface area contributed by atoms with Crippen LogP contribution < -0.4 is 5.73 Å². The molecule has 0 saturated carbocycles. The van der Waals surface area contributed by atoms with E-state index in [1.54, 1.807) is 0 Å². The number of nitrogens with two attached hydrogens (primary N) is 1. The fourth-order valence-electron chi connectivity index (χ4n) is 1.27. The molecule has 1 aromatic carbocycles. The molecule has 5 heteroatoms. The van der Waals surface area contributed by atoms with Crippen LogP contribution in [0.2, 0.25) is 0 Å². The monoisotopic (exact) mass is 266 g/mol. The van der Waals surface area contributed by atoms with Gasteiger partial charge in [-0.2, -0.15) is 5.10 Å². The Bertz CT molecular complexity index is 435. The van der Waals surface area contributed by atoms with Crippen LogP contribution in [0, 0.1) is 0 Å². The van der Waals surface area contributed by atoms with Crippen molar-refractivity contribution < 1.29 is 0 Å². The van der Waals surface area contributed by atoms with Crippen LogP contribution in [-0.2, 0) is 6.42 Å². The van der Waals surface area contributed by atoms with Crippen LogP contribution in [0.15, 0.2) is 28.7 Å². The first-order valence-corrected chi connectivity index (χ1v) is 5.46. The van der Waals surface area contributed by atoms with Crippen LogP contribution in [0.1, 0.15) is 5.82 Å². The van der Waals surface area contributed by atoms with Crippen molar-refractivity contribution in [2.45, 2.75) is 6.42 Å². The zero-order valence-corrected chi connectivity index (χ0v) is 9.66. The molecule has 1 heterocycles. The van der Waals surface area contributed by atoms with E-state index in [0.29, 0.717) is 12.4 Å². The van der Waals surface area contributed by atoms with E-state index in [2.05, 4.69) is 31.1 Å². The number of hydrogen-bond donors (Lipinski definition) is 2. The fraction of sp³-hybridized carbons (Fsp3) is 0.200. The van der Waals surface area contributed by atoms with Crippen LogP contribution >= 0.6 is 15.9 Å². The Hall–Kier alpha value is -1.20. The third kappa shape index (κ3) is 2.43. The maximum absolute atomic E-state index is 5.43. The molecule has 0 radical (unpaired) electrons. The first-order valence-electron chi connectivity index (χ1n) is 4.67. The predicted octanol–water partition coefficient (Wildman–Crippen LogP) is 1.74.